The second kappa shape index (κ2) is 12.9. The van der Waals surface area contributed by atoms with Gasteiger partial charge in [-0.25, -0.2) is 4.79 Å². The molecule has 1 aliphatic heterocycles. The van der Waals surface area contributed by atoms with Crippen molar-refractivity contribution in [3.8, 4) is 0 Å². The lowest BCUT2D eigenvalue weighted by molar-refractivity contribution is -0.199. The fourth-order valence-electron chi connectivity index (χ4n) is 2.37. The Bertz CT molecular complexity index is 408. The minimum Gasteiger partial charge on any atom is -0.466 e. The molecule has 0 spiro atoms. The zero-order valence-electron chi connectivity index (χ0n) is 14.9. The van der Waals surface area contributed by atoms with Crippen molar-refractivity contribution in [2.75, 3.05) is 33.0 Å². The number of alkyl halides is 3. The molecule has 9 heteroatoms. The molecule has 1 aliphatic rings. The van der Waals surface area contributed by atoms with Gasteiger partial charge in [-0.2, -0.15) is 13.2 Å². The minimum absolute atomic E-state index is 0.188. The summed E-state index contributed by atoms with van der Waals surface area (Å²) in [5, 5.41) is 0. The zero-order valence-corrected chi connectivity index (χ0v) is 14.9. The van der Waals surface area contributed by atoms with E-state index in [1.165, 1.54) is 0 Å². The SMILES string of the molecule is O=C(CCC1CCCO1)OCCCCOCCCCOC(=O)C(F)(F)F. The van der Waals surface area contributed by atoms with Crippen molar-refractivity contribution in [2.24, 2.45) is 0 Å². The van der Waals surface area contributed by atoms with E-state index in [1.54, 1.807) is 0 Å². The number of hydrogen-bond donors (Lipinski definition) is 0. The lowest BCUT2D eigenvalue weighted by atomic mass is 10.1. The number of esters is 2. The molecule has 1 rings (SSSR count). The zero-order chi connectivity index (χ0) is 19.3. The first-order valence-corrected chi connectivity index (χ1v) is 8.98. The first-order valence-electron chi connectivity index (χ1n) is 8.98. The fraction of sp³-hybridized carbons (Fsp3) is 0.882. The summed E-state index contributed by atoms with van der Waals surface area (Å²) < 4.78 is 55.5. The van der Waals surface area contributed by atoms with Gasteiger partial charge in [0, 0.05) is 26.2 Å². The smallest absolute Gasteiger partial charge is 0.466 e. The maximum absolute atomic E-state index is 11.9. The van der Waals surface area contributed by atoms with Crippen molar-refractivity contribution < 1.29 is 41.7 Å². The molecular weight excluding hydrogens is 357 g/mol. The van der Waals surface area contributed by atoms with Gasteiger partial charge in [0.15, 0.2) is 0 Å². The Morgan fingerprint density at radius 2 is 1.58 bits per heavy atom. The monoisotopic (exact) mass is 384 g/mol. The van der Waals surface area contributed by atoms with Crippen LogP contribution in [0.2, 0.25) is 0 Å². The van der Waals surface area contributed by atoms with E-state index in [1.807, 2.05) is 0 Å². The van der Waals surface area contributed by atoms with Crippen molar-refractivity contribution >= 4 is 11.9 Å². The molecule has 6 nitrogen and oxygen atoms in total. The number of carbonyl (C=O) groups is 2. The Morgan fingerprint density at radius 1 is 0.962 bits per heavy atom. The molecule has 1 atom stereocenters. The molecule has 26 heavy (non-hydrogen) atoms. The topological polar surface area (TPSA) is 71.1 Å². The lowest BCUT2D eigenvalue weighted by Gasteiger charge is -2.09. The van der Waals surface area contributed by atoms with Crippen molar-refractivity contribution in [3.05, 3.63) is 0 Å². The molecule has 0 N–H and O–H groups in total. The number of hydrogen-bond acceptors (Lipinski definition) is 6. The van der Waals surface area contributed by atoms with Crippen LogP contribution in [0.4, 0.5) is 13.2 Å². The van der Waals surface area contributed by atoms with Crippen LogP contribution >= 0.6 is 0 Å². The number of halogens is 3. The predicted octanol–water partition coefficient (Wildman–Crippen LogP) is 3.17. The molecule has 0 aliphatic carbocycles. The molecule has 1 unspecified atom stereocenters. The van der Waals surface area contributed by atoms with E-state index in [0.29, 0.717) is 51.9 Å². The average molecular weight is 384 g/mol. The van der Waals surface area contributed by atoms with E-state index < -0.39 is 12.1 Å². The first-order chi connectivity index (χ1) is 12.4. The van der Waals surface area contributed by atoms with Gasteiger partial charge in [-0.15, -0.1) is 0 Å². The van der Waals surface area contributed by atoms with Gasteiger partial charge in [0.1, 0.15) is 0 Å². The van der Waals surface area contributed by atoms with Crippen LogP contribution in [0.1, 0.15) is 51.4 Å². The van der Waals surface area contributed by atoms with Crippen LogP contribution in [-0.4, -0.2) is 57.3 Å². The Kier molecular flexibility index (Phi) is 11.3. The first kappa shape index (κ1) is 22.7. The number of ether oxygens (including phenoxy) is 4. The Balaban J connectivity index is 1.80. The molecule has 0 aromatic rings. The van der Waals surface area contributed by atoms with Crippen molar-refractivity contribution in [1.82, 2.24) is 0 Å². The van der Waals surface area contributed by atoms with Crippen LogP contribution < -0.4 is 0 Å². The maximum Gasteiger partial charge on any atom is 0.490 e. The number of rotatable bonds is 13. The van der Waals surface area contributed by atoms with Crippen LogP contribution in [0.25, 0.3) is 0 Å². The highest BCUT2D eigenvalue weighted by atomic mass is 19.4. The third-order valence-electron chi connectivity index (χ3n) is 3.79. The highest BCUT2D eigenvalue weighted by Crippen LogP contribution is 2.17. The van der Waals surface area contributed by atoms with E-state index in [9.17, 15) is 22.8 Å². The molecule has 152 valence electrons. The summed E-state index contributed by atoms with van der Waals surface area (Å²) >= 11 is 0. The summed E-state index contributed by atoms with van der Waals surface area (Å²) in [6.45, 7) is 1.71. The molecule has 1 heterocycles. The normalized spacial score (nSPS) is 17.3. The van der Waals surface area contributed by atoms with Crippen molar-refractivity contribution in [3.63, 3.8) is 0 Å². The van der Waals surface area contributed by atoms with Crippen LogP contribution in [0.5, 0.6) is 0 Å². The Labute approximate surface area is 151 Å². The molecule has 1 fully saturated rings. The van der Waals surface area contributed by atoms with E-state index in [0.717, 1.165) is 25.9 Å². The average Bonchev–Trinajstić information content (AvgIpc) is 3.10. The Hall–Kier alpha value is -1.35. The molecule has 0 saturated carbocycles. The van der Waals surface area contributed by atoms with Gasteiger partial charge >= 0.3 is 18.1 Å². The van der Waals surface area contributed by atoms with Crippen molar-refractivity contribution in [2.45, 2.75) is 63.6 Å². The third kappa shape index (κ3) is 11.3. The predicted molar refractivity (Wildman–Crippen MR) is 85.5 cm³/mol. The van der Waals surface area contributed by atoms with Gasteiger partial charge in [0.05, 0.1) is 19.3 Å². The van der Waals surface area contributed by atoms with Crippen molar-refractivity contribution in [1.29, 1.82) is 0 Å². The van der Waals surface area contributed by atoms with Gasteiger partial charge in [0.25, 0.3) is 0 Å². The van der Waals surface area contributed by atoms with Gasteiger partial charge in [-0.3, -0.25) is 4.79 Å². The van der Waals surface area contributed by atoms with E-state index in [-0.39, 0.29) is 18.7 Å². The molecule has 0 amide bonds. The third-order valence-corrected chi connectivity index (χ3v) is 3.79. The molecular formula is C17H27F3O6. The second-order valence-corrected chi connectivity index (χ2v) is 6.05. The summed E-state index contributed by atoms with van der Waals surface area (Å²) in [5.41, 5.74) is 0. The van der Waals surface area contributed by atoms with Gasteiger partial charge < -0.3 is 18.9 Å². The molecule has 0 radical (unpaired) electrons. The Morgan fingerprint density at radius 3 is 2.15 bits per heavy atom. The van der Waals surface area contributed by atoms with Crippen LogP contribution in [0.15, 0.2) is 0 Å². The maximum atomic E-state index is 11.9. The number of unbranched alkanes of at least 4 members (excludes halogenated alkanes) is 2. The standard InChI is InChI=1S/C17H27F3O6/c18-17(19,20)16(22)26-12-4-2-10-23-9-1-3-11-25-15(21)8-7-14-6-5-13-24-14/h14H,1-13H2. The fourth-order valence-corrected chi connectivity index (χ4v) is 2.37. The van der Waals surface area contributed by atoms with E-state index >= 15 is 0 Å². The van der Waals surface area contributed by atoms with Crippen LogP contribution in [0, 0.1) is 0 Å². The van der Waals surface area contributed by atoms with Gasteiger partial charge in [-0.1, -0.05) is 0 Å². The van der Waals surface area contributed by atoms with Crippen LogP contribution in [-0.2, 0) is 28.5 Å². The highest BCUT2D eigenvalue weighted by molar-refractivity contribution is 5.75. The van der Waals surface area contributed by atoms with Crippen LogP contribution in [0.3, 0.4) is 0 Å². The second-order valence-electron chi connectivity index (χ2n) is 6.05. The summed E-state index contributed by atoms with van der Waals surface area (Å²) in [6, 6.07) is 0. The summed E-state index contributed by atoms with van der Waals surface area (Å²) in [4.78, 5) is 22.0. The van der Waals surface area contributed by atoms with E-state index in [4.69, 9.17) is 14.2 Å². The minimum atomic E-state index is -4.94. The summed E-state index contributed by atoms with van der Waals surface area (Å²) in [5.74, 6) is -2.38. The van der Waals surface area contributed by atoms with Gasteiger partial charge in [0.2, 0.25) is 0 Å². The largest absolute Gasteiger partial charge is 0.490 e. The molecule has 0 aromatic carbocycles. The highest BCUT2D eigenvalue weighted by Gasteiger charge is 2.40. The summed E-state index contributed by atoms with van der Waals surface area (Å²) in [7, 11) is 0. The molecule has 0 aromatic heterocycles. The van der Waals surface area contributed by atoms with Gasteiger partial charge in [-0.05, 0) is 44.9 Å². The lowest BCUT2D eigenvalue weighted by Crippen LogP contribution is -2.25. The molecule has 0 bridgehead atoms. The quantitative estimate of drug-likeness (QED) is 0.359. The summed E-state index contributed by atoms with van der Waals surface area (Å²) in [6.07, 6.45) is 0.621. The molecule has 1 saturated heterocycles. The van der Waals surface area contributed by atoms with E-state index in [2.05, 4.69) is 4.74 Å². The number of carbonyl (C=O) groups excluding carboxylic acids is 2.